The lowest BCUT2D eigenvalue weighted by Gasteiger charge is -2.30. The predicted molar refractivity (Wildman–Crippen MR) is 84.9 cm³/mol. The first-order valence-electron chi connectivity index (χ1n) is 7.71. The maximum Gasteiger partial charge on any atom is 0.329 e. The molecule has 23 heavy (non-hydrogen) atoms. The Balaban J connectivity index is 2.02. The van der Waals surface area contributed by atoms with Crippen molar-refractivity contribution >= 4 is 11.9 Å². The van der Waals surface area contributed by atoms with Crippen LogP contribution in [-0.2, 0) is 20.9 Å². The van der Waals surface area contributed by atoms with E-state index >= 15 is 0 Å². The second-order valence-electron chi connectivity index (χ2n) is 7.06. The summed E-state index contributed by atoms with van der Waals surface area (Å²) in [5.41, 5.74) is -0.575. The van der Waals surface area contributed by atoms with Crippen LogP contribution in [0.15, 0.2) is 30.3 Å². The molecule has 0 aliphatic heterocycles. The van der Waals surface area contributed by atoms with Gasteiger partial charge in [-0.2, -0.15) is 5.26 Å². The van der Waals surface area contributed by atoms with Gasteiger partial charge in [-0.25, -0.2) is 4.79 Å². The molecule has 1 atom stereocenters. The number of hydrogen-bond donors (Lipinski definition) is 1. The zero-order valence-electron chi connectivity index (χ0n) is 13.8. The van der Waals surface area contributed by atoms with Crippen molar-refractivity contribution in [2.75, 3.05) is 0 Å². The Hall–Kier alpha value is -2.35. The third kappa shape index (κ3) is 4.10. The van der Waals surface area contributed by atoms with Crippen LogP contribution in [0.3, 0.4) is 0 Å². The van der Waals surface area contributed by atoms with E-state index in [0.717, 1.165) is 5.56 Å². The molecule has 1 N–H and O–H groups in total. The molecule has 0 heterocycles. The Morgan fingerprint density at radius 2 is 1.91 bits per heavy atom. The molecular formula is C18H22N2O3. The number of hydrogen-bond acceptors (Lipinski definition) is 4. The molecule has 0 aromatic heterocycles. The van der Waals surface area contributed by atoms with E-state index < -0.39 is 22.8 Å². The SMILES string of the molecule is CC(C)(C)C(NC(=O)C1(C#N)CC1)C(=O)OCc1ccccc1. The fraction of sp³-hybridized carbons (Fsp3) is 0.500. The highest BCUT2D eigenvalue weighted by Gasteiger charge is 2.52. The summed E-state index contributed by atoms with van der Waals surface area (Å²) in [7, 11) is 0. The number of carbonyl (C=O) groups is 2. The normalized spacial score (nSPS) is 16.8. The van der Waals surface area contributed by atoms with Crippen LogP contribution in [0.1, 0.15) is 39.2 Å². The lowest BCUT2D eigenvalue weighted by atomic mass is 9.86. The van der Waals surface area contributed by atoms with E-state index in [4.69, 9.17) is 10.00 Å². The van der Waals surface area contributed by atoms with Crippen LogP contribution in [0, 0.1) is 22.2 Å². The van der Waals surface area contributed by atoms with Crippen LogP contribution in [0.5, 0.6) is 0 Å². The number of esters is 1. The Morgan fingerprint density at radius 1 is 1.30 bits per heavy atom. The van der Waals surface area contributed by atoms with Gasteiger partial charge in [-0.1, -0.05) is 51.1 Å². The first-order chi connectivity index (χ1) is 10.8. The van der Waals surface area contributed by atoms with Crippen LogP contribution in [0.2, 0.25) is 0 Å². The van der Waals surface area contributed by atoms with Gasteiger partial charge in [0.15, 0.2) is 0 Å². The molecule has 2 rings (SSSR count). The van der Waals surface area contributed by atoms with Gasteiger partial charge in [-0.3, -0.25) is 4.79 Å². The molecule has 1 unspecified atom stereocenters. The number of rotatable bonds is 5. The molecule has 1 aromatic rings. The van der Waals surface area contributed by atoms with E-state index in [-0.39, 0.29) is 12.5 Å². The molecule has 1 saturated carbocycles. The molecule has 0 bridgehead atoms. The first-order valence-corrected chi connectivity index (χ1v) is 7.71. The van der Waals surface area contributed by atoms with E-state index in [1.54, 1.807) is 0 Å². The van der Waals surface area contributed by atoms with Gasteiger partial charge in [0.1, 0.15) is 18.1 Å². The van der Waals surface area contributed by atoms with E-state index in [1.165, 1.54) is 0 Å². The number of benzene rings is 1. The van der Waals surface area contributed by atoms with Gasteiger partial charge in [-0.15, -0.1) is 0 Å². The number of amides is 1. The summed E-state index contributed by atoms with van der Waals surface area (Å²) in [6, 6.07) is 10.6. The molecule has 1 aliphatic carbocycles. The largest absolute Gasteiger partial charge is 0.459 e. The molecule has 0 saturated heterocycles. The predicted octanol–water partition coefficient (Wildman–Crippen LogP) is 2.56. The molecule has 122 valence electrons. The Bertz CT molecular complexity index is 622. The first kappa shape index (κ1) is 17.0. The number of ether oxygens (including phenoxy) is 1. The van der Waals surface area contributed by atoms with Gasteiger partial charge in [0.25, 0.3) is 0 Å². The fourth-order valence-corrected chi connectivity index (χ4v) is 2.22. The topological polar surface area (TPSA) is 79.2 Å². The highest BCUT2D eigenvalue weighted by Crippen LogP contribution is 2.45. The third-order valence-electron chi connectivity index (χ3n) is 4.00. The summed E-state index contributed by atoms with van der Waals surface area (Å²) in [5, 5.41) is 11.8. The standard InChI is InChI=1S/C18H22N2O3/c1-17(2,3)14(20-16(22)18(12-19)9-10-18)15(21)23-11-13-7-5-4-6-8-13/h4-8,14H,9-11H2,1-3H3,(H,20,22). The van der Waals surface area contributed by atoms with Gasteiger partial charge in [0, 0.05) is 0 Å². The molecule has 5 heteroatoms. The van der Waals surface area contributed by atoms with Crippen molar-refractivity contribution in [3.8, 4) is 6.07 Å². The third-order valence-corrected chi connectivity index (χ3v) is 4.00. The van der Waals surface area contributed by atoms with Crippen molar-refractivity contribution in [2.45, 2.75) is 46.3 Å². The van der Waals surface area contributed by atoms with Gasteiger partial charge < -0.3 is 10.1 Å². The zero-order chi connectivity index (χ0) is 17.1. The van der Waals surface area contributed by atoms with Gasteiger partial charge in [0.05, 0.1) is 6.07 Å². The number of nitrogens with zero attached hydrogens (tertiary/aromatic N) is 1. The van der Waals surface area contributed by atoms with Crippen molar-refractivity contribution in [2.24, 2.45) is 10.8 Å². The molecule has 0 spiro atoms. The van der Waals surface area contributed by atoms with Crippen LogP contribution < -0.4 is 5.32 Å². The summed E-state index contributed by atoms with van der Waals surface area (Å²) in [6.07, 6.45) is 1.09. The number of carbonyl (C=O) groups excluding carboxylic acids is 2. The zero-order valence-corrected chi connectivity index (χ0v) is 13.8. The number of nitriles is 1. The quantitative estimate of drug-likeness (QED) is 0.847. The summed E-state index contributed by atoms with van der Waals surface area (Å²) < 4.78 is 5.35. The van der Waals surface area contributed by atoms with Crippen molar-refractivity contribution in [1.29, 1.82) is 5.26 Å². The number of nitrogens with one attached hydrogen (secondary N) is 1. The molecule has 1 fully saturated rings. The average molecular weight is 314 g/mol. The Morgan fingerprint density at radius 3 is 2.39 bits per heavy atom. The lowest BCUT2D eigenvalue weighted by Crippen LogP contribution is -2.51. The van der Waals surface area contributed by atoms with Crippen molar-refractivity contribution in [3.63, 3.8) is 0 Å². The second-order valence-corrected chi connectivity index (χ2v) is 7.06. The minimum absolute atomic E-state index is 0.158. The average Bonchev–Trinajstić information content (AvgIpc) is 3.31. The maximum absolute atomic E-state index is 12.4. The van der Waals surface area contributed by atoms with Crippen LogP contribution in [0.4, 0.5) is 0 Å². The molecule has 1 aromatic carbocycles. The van der Waals surface area contributed by atoms with E-state index in [9.17, 15) is 9.59 Å². The molecular weight excluding hydrogens is 292 g/mol. The van der Waals surface area contributed by atoms with Gasteiger partial charge >= 0.3 is 5.97 Å². The summed E-state index contributed by atoms with van der Waals surface area (Å²) in [6.45, 7) is 5.72. The highest BCUT2D eigenvalue weighted by molar-refractivity contribution is 5.92. The monoisotopic (exact) mass is 314 g/mol. The fourth-order valence-electron chi connectivity index (χ4n) is 2.22. The van der Waals surface area contributed by atoms with Crippen molar-refractivity contribution in [3.05, 3.63) is 35.9 Å². The van der Waals surface area contributed by atoms with E-state index in [1.807, 2.05) is 57.2 Å². The molecule has 1 aliphatic rings. The van der Waals surface area contributed by atoms with Crippen molar-refractivity contribution < 1.29 is 14.3 Å². The summed E-state index contributed by atoms with van der Waals surface area (Å²) >= 11 is 0. The van der Waals surface area contributed by atoms with Crippen molar-refractivity contribution in [1.82, 2.24) is 5.32 Å². The van der Waals surface area contributed by atoms with Crippen LogP contribution in [0.25, 0.3) is 0 Å². The van der Waals surface area contributed by atoms with Gasteiger partial charge in [-0.05, 0) is 23.8 Å². The highest BCUT2D eigenvalue weighted by atomic mass is 16.5. The molecule has 1 amide bonds. The minimum Gasteiger partial charge on any atom is -0.459 e. The van der Waals surface area contributed by atoms with Gasteiger partial charge in [0.2, 0.25) is 5.91 Å². The maximum atomic E-state index is 12.4. The molecule has 5 nitrogen and oxygen atoms in total. The van der Waals surface area contributed by atoms with E-state index in [0.29, 0.717) is 12.8 Å². The Labute approximate surface area is 136 Å². The van der Waals surface area contributed by atoms with Crippen LogP contribution >= 0.6 is 0 Å². The summed E-state index contributed by atoms with van der Waals surface area (Å²) in [4.78, 5) is 24.7. The van der Waals surface area contributed by atoms with E-state index in [2.05, 4.69) is 5.32 Å². The summed E-state index contributed by atoms with van der Waals surface area (Å²) in [5.74, 6) is -0.861. The smallest absolute Gasteiger partial charge is 0.329 e. The Kier molecular flexibility index (Phi) is 4.74. The lowest BCUT2D eigenvalue weighted by molar-refractivity contribution is -0.152. The second kappa shape index (κ2) is 6.41. The molecule has 0 radical (unpaired) electrons. The van der Waals surface area contributed by atoms with Crippen LogP contribution in [-0.4, -0.2) is 17.9 Å². The minimum atomic E-state index is -0.955.